The summed E-state index contributed by atoms with van der Waals surface area (Å²) in [7, 11) is -3.30. The zero-order chi connectivity index (χ0) is 16.0. The highest BCUT2D eigenvalue weighted by molar-refractivity contribution is 7.88. The van der Waals surface area contributed by atoms with Gasteiger partial charge >= 0.3 is 5.97 Å². The first-order valence-electron chi connectivity index (χ1n) is 5.98. The topological polar surface area (TPSA) is 81.7 Å². The first-order valence-corrected chi connectivity index (χ1v) is 8.63. The van der Waals surface area contributed by atoms with Crippen molar-refractivity contribution in [3.63, 3.8) is 0 Å². The minimum absolute atomic E-state index is 0.0127. The number of carbonyl (C=O) groups is 1. The fourth-order valence-corrected chi connectivity index (χ4v) is 2.42. The molecule has 1 aromatic carbocycles. The summed E-state index contributed by atoms with van der Waals surface area (Å²) in [5.41, 5.74) is 0.133. The number of esters is 1. The molecule has 118 valence electrons. The maximum absolute atomic E-state index is 11.7. The Morgan fingerprint density at radius 2 is 2.00 bits per heavy atom. The number of ether oxygens (including phenoxy) is 2. The molecule has 0 amide bonds. The van der Waals surface area contributed by atoms with E-state index in [1.165, 1.54) is 12.1 Å². The van der Waals surface area contributed by atoms with Crippen molar-refractivity contribution in [1.29, 1.82) is 0 Å². The molecule has 1 aromatic rings. The summed E-state index contributed by atoms with van der Waals surface area (Å²) < 4.78 is 34.3. The summed E-state index contributed by atoms with van der Waals surface area (Å²) in [5.74, 6) is -0.475. The average Bonchev–Trinajstić information content (AvgIpc) is 2.36. The lowest BCUT2D eigenvalue weighted by Gasteiger charge is -2.12. The van der Waals surface area contributed by atoms with Crippen molar-refractivity contribution < 1.29 is 22.7 Å². The van der Waals surface area contributed by atoms with Crippen LogP contribution in [0.5, 0.6) is 5.75 Å². The molecule has 0 aliphatic carbocycles. The Bertz CT molecular complexity index is 618. The Morgan fingerprint density at radius 1 is 1.33 bits per heavy atom. The Labute approximate surface area is 133 Å². The van der Waals surface area contributed by atoms with Gasteiger partial charge in [0.25, 0.3) is 0 Å². The van der Waals surface area contributed by atoms with Gasteiger partial charge in [-0.25, -0.2) is 17.9 Å². The fraction of sp³-hybridized carbons (Fsp3) is 0.417. The molecule has 0 atom stereocenters. The third-order valence-electron chi connectivity index (χ3n) is 2.26. The second-order valence-electron chi connectivity index (χ2n) is 3.97. The van der Waals surface area contributed by atoms with Crippen molar-refractivity contribution in [2.75, 3.05) is 26.0 Å². The van der Waals surface area contributed by atoms with Gasteiger partial charge < -0.3 is 9.47 Å². The predicted octanol–water partition coefficient (Wildman–Crippen LogP) is 2.10. The maximum atomic E-state index is 11.7. The number of hydrogen-bond acceptors (Lipinski definition) is 5. The van der Waals surface area contributed by atoms with E-state index >= 15 is 0 Å². The molecule has 0 bridgehead atoms. The number of hydrogen-bond donors (Lipinski definition) is 1. The highest BCUT2D eigenvalue weighted by Crippen LogP contribution is 2.35. The average molecular weight is 356 g/mol. The molecule has 0 radical (unpaired) electrons. The van der Waals surface area contributed by atoms with Crippen molar-refractivity contribution >= 4 is 39.2 Å². The summed E-state index contributed by atoms with van der Waals surface area (Å²) in [6.07, 6.45) is 1.04. The SMILES string of the molecule is CCOC(=O)c1ccc(Cl)c(OCCNS(C)(=O)=O)c1Cl. The van der Waals surface area contributed by atoms with Crippen LogP contribution in [0.2, 0.25) is 10.0 Å². The van der Waals surface area contributed by atoms with Crippen LogP contribution in [0.4, 0.5) is 0 Å². The molecule has 0 aromatic heterocycles. The van der Waals surface area contributed by atoms with E-state index in [4.69, 9.17) is 32.7 Å². The molecule has 0 saturated heterocycles. The van der Waals surface area contributed by atoms with E-state index in [1.54, 1.807) is 6.92 Å². The molecule has 9 heteroatoms. The molecule has 21 heavy (non-hydrogen) atoms. The summed E-state index contributed by atoms with van der Waals surface area (Å²) in [6, 6.07) is 2.89. The standard InChI is InChI=1S/C12H15Cl2NO5S/c1-3-19-12(16)8-4-5-9(13)11(10(8)14)20-7-6-15-21(2,17)18/h4-5,15H,3,6-7H2,1-2H3. The Morgan fingerprint density at radius 3 is 2.57 bits per heavy atom. The van der Waals surface area contributed by atoms with E-state index in [-0.39, 0.29) is 41.1 Å². The molecular formula is C12H15Cl2NO5S. The Hall–Kier alpha value is -1.02. The van der Waals surface area contributed by atoms with Gasteiger partial charge in [0.1, 0.15) is 6.61 Å². The summed E-state index contributed by atoms with van der Waals surface area (Å²) >= 11 is 12.0. The first kappa shape index (κ1) is 18.0. The van der Waals surface area contributed by atoms with Crippen LogP contribution in [0.3, 0.4) is 0 Å². The number of carbonyl (C=O) groups excluding carboxylic acids is 1. The van der Waals surface area contributed by atoms with E-state index in [2.05, 4.69) is 4.72 Å². The van der Waals surface area contributed by atoms with Crippen molar-refractivity contribution in [2.45, 2.75) is 6.92 Å². The monoisotopic (exact) mass is 355 g/mol. The van der Waals surface area contributed by atoms with Gasteiger partial charge in [-0.2, -0.15) is 0 Å². The third kappa shape index (κ3) is 5.70. The number of benzene rings is 1. The van der Waals surface area contributed by atoms with E-state index in [1.807, 2.05) is 0 Å². The number of rotatable bonds is 7. The molecule has 0 heterocycles. The van der Waals surface area contributed by atoms with Gasteiger partial charge in [-0.05, 0) is 19.1 Å². The highest BCUT2D eigenvalue weighted by Gasteiger charge is 2.18. The van der Waals surface area contributed by atoms with Crippen LogP contribution >= 0.6 is 23.2 Å². The van der Waals surface area contributed by atoms with Gasteiger partial charge in [0.2, 0.25) is 10.0 Å². The Balaban J connectivity index is 2.82. The largest absolute Gasteiger partial charge is 0.489 e. The molecule has 0 saturated carbocycles. The van der Waals surface area contributed by atoms with Gasteiger partial charge in [0, 0.05) is 6.54 Å². The summed E-state index contributed by atoms with van der Waals surface area (Å²) in [5, 5.41) is 0.243. The van der Waals surface area contributed by atoms with Crippen molar-refractivity contribution in [1.82, 2.24) is 4.72 Å². The molecule has 0 fully saturated rings. The normalized spacial score (nSPS) is 11.2. The van der Waals surface area contributed by atoms with Crippen molar-refractivity contribution in [3.8, 4) is 5.75 Å². The first-order chi connectivity index (χ1) is 9.76. The number of nitrogens with one attached hydrogen (secondary N) is 1. The second-order valence-corrected chi connectivity index (χ2v) is 6.59. The summed E-state index contributed by atoms with van der Waals surface area (Å²) in [6.45, 7) is 1.95. The van der Waals surface area contributed by atoms with Crippen LogP contribution in [0.25, 0.3) is 0 Å². The van der Waals surface area contributed by atoms with Crippen LogP contribution in [0, 0.1) is 0 Å². The molecule has 0 aliphatic heterocycles. The molecule has 6 nitrogen and oxygen atoms in total. The van der Waals surface area contributed by atoms with E-state index in [9.17, 15) is 13.2 Å². The van der Waals surface area contributed by atoms with Crippen LogP contribution in [0.1, 0.15) is 17.3 Å². The minimum atomic E-state index is -3.30. The van der Waals surface area contributed by atoms with Crippen molar-refractivity contribution in [2.24, 2.45) is 0 Å². The molecule has 0 spiro atoms. The van der Waals surface area contributed by atoms with Gasteiger partial charge in [0.15, 0.2) is 5.75 Å². The Kier molecular flexibility index (Phi) is 6.73. The zero-order valence-corrected chi connectivity index (χ0v) is 13.8. The summed E-state index contributed by atoms with van der Waals surface area (Å²) in [4.78, 5) is 11.7. The minimum Gasteiger partial charge on any atom is -0.489 e. The van der Waals surface area contributed by atoms with Gasteiger partial charge in [-0.1, -0.05) is 23.2 Å². The van der Waals surface area contributed by atoms with Crippen LogP contribution in [-0.4, -0.2) is 40.4 Å². The molecule has 0 aliphatic rings. The molecule has 0 unspecified atom stereocenters. The molecule has 1 rings (SSSR count). The number of sulfonamides is 1. The number of halogens is 2. The highest BCUT2D eigenvalue weighted by atomic mass is 35.5. The smallest absolute Gasteiger partial charge is 0.339 e. The lowest BCUT2D eigenvalue weighted by molar-refractivity contribution is 0.0526. The van der Waals surface area contributed by atoms with Crippen LogP contribution in [0.15, 0.2) is 12.1 Å². The fourth-order valence-electron chi connectivity index (χ4n) is 1.41. The predicted molar refractivity (Wildman–Crippen MR) is 80.8 cm³/mol. The van der Waals surface area contributed by atoms with Crippen LogP contribution < -0.4 is 9.46 Å². The van der Waals surface area contributed by atoms with Crippen molar-refractivity contribution in [3.05, 3.63) is 27.7 Å². The quantitative estimate of drug-likeness (QED) is 0.598. The lowest BCUT2D eigenvalue weighted by Crippen LogP contribution is -2.27. The zero-order valence-electron chi connectivity index (χ0n) is 11.5. The second kappa shape index (κ2) is 7.84. The molecular weight excluding hydrogens is 341 g/mol. The van der Waals surface area contributed by atoms with Gasteiger partial charge in [0.05, 0.1) is 28.5 Å². The van der Waals surface area contributed by atoms with E-state index in [0.29, 0.717) is 0 Å². The lowest BCUT2D eigenvalue weighted by atomic mass is 10.2. The molecule has 1 N–H and O–H groups in total. The van der Waals surface area contributed by atoms with Gasteiger partial charge in [-0.3, -0.25) is 0 Å². The van der Waals surface area contributed by atoms with Crippen LogP contribution in [-0.2, 0) is 14.8 Å². The van der Waals surface area contributed by atoms with Gasteiger partial charge in [-0.15, -0.1) is 0 Å². The van der Waals surface area contributed by atoms with E-state index in [0.717, 1.165) is 6.26 Å². The third-order valence-corrected chi connectivity index (χ3v) is 3.66. The van der Waals surface area contributed by atoms with E-state index < -0.39 is 16.0 Å². The maximum Gasteiger partial charge on any atom is 0.339 e.